The van der Waals surface area contributed by atoms with Gasteiger partial charge in [0.25, 0.3) is 0 Å². The van der Waals surface area contributed by atoms with E-state index >= 15 is 0 Å². The molecule has 0 aliphatic heterocycles. The Morgan fingerprint density at radius 3 is 2.44 bits per heavy atom. The van der Waals surface area contributed by atoms with Gasteiger partial charge in [0.15, 0.2) is 0 Å². The summed E-state index contributed by atoms with van der Waals surface area (Å²) in [6, 6.07) is 9.75. The lowest BCUT2D eigenvalue weighted by molar-refractivity contribution is 0.383. The smallest absolute Gasteiger partial charge is 0.0208 e. The lowest BCUT2D eigenvalue weighted by atomic mass is 9.94. The Balaban J connectivity index is 1.85. The van der Waals surface area contributed by atoms with Gasteiger partial charge in [-0.05, 0) is 36.6 Å². The first-order valence-corrected chi connectivity index (χ1v) is 8.46. The van der Waals surface area contributed by atoms with Crippen LogP contribution in [-0.4, -0.2) is 17.5 Å². The third-order valence-electron chi connectivity index (χ3n) is 4.00. The molecule has 2 heteroatoms. The zero-order valence-corrected chi connectivity index (χ0v) is 12.4. The van der Waals surface area contributed by atoms with E-state index in [1.807, 2.05) is 11.8 Å². The summed E-state index contributed by atoms with van der Waals surface area (Å²) in [5.74, 6) is 0. The third-order valence-corrected chi connectivity index (χ3v) is 5.17. The van der Waals surface area contributed by atoms with Gasteiger partial charge in [0.05, 0.1) is 0 Å². The summed E-state index contributed by atoms with van der Waals surface area (Å²) >= 11 is 2.03. The average Bonchev–Trinajstić information content (AvgIpc) is 2.46. The van der Waals surface area contributed by atoms with Crippen LogP contribution in [0.15, 0.2) is 24.3 Å². The average molecular weight is 263 g/mol. The van der Waals surface area contributed by atoms with Gasteiger partial charge in [-0.2, -0.15) is 11.8 Å². The van der Waals surface area contributed by atoms with Crippen LogP contribution in [0.2, 0.25) is 0 Å². The molecule has 1 aliphatic carbocycles. The lowest BCUT2D eigenvalue weighted by Gasteiger charge is -2.31. The Bertz CT molecular complexity index is 347. The van der Waals surface area contributed by atoms with Crippen LogP contribution in [-0.2, 0) is 13.0 Å². The highest BCUT2D eigenvalue weighted by Crippen LogP contribution is 2.27. The van der Waals surface area contributed by atoms with Gasteiger partial charge in [-0.15, -0.1) is 0 Å². The molecule has 1 aliphatic rings. The number of hydrogen-bond donors (Lipinski definition) is 1. The molecule has 0 heterocycles. The Kier molecular flexibility index (Phi) is 5.58. The molecule has 2 rings (SSSR count). The van der Waals surface area contributed by atoms with Crippen molar-refractivity contribution in [2.24, 2.45) is 0 Å². The first kappa shape index (κ1) is 14.0. The molecule has 1 aromatic carbocycles. The highest BCUT2D eigenvalue weighted by Gasteiger charge is 2.23. The van der Waals surface area contributed by atoms with E-state index in [0.29, 0.717) is 6.04 Å². The van der Waals surface area contributed by atoms with Crippen molar-refractivity contribution >= 4 is 11.8 Å². The number of thioether (sulfide) groups is 1. The fourth-order valence-corrected chi connectivity index (χ4v) is 3.72. The Hall–Kier alpha value is -0.470. The zero-order valence-electron chi connectivity index (χ0n) is 11.6. The van der Waals surface area contributed by atoms with Crippen molar-refractivity contribution in [2.75, 3.05) is 6.26 Å². The first-order chi connectivity index (χ1) is 8.83. The lowest BCUT2D eigenvalue weighted by Crippen LogP contribution is -2.39. The summed E-state index contributed by atoms with van der Waals surface area (Å²) in [5.41, 5.74) is 2.84. The minimum atomic E-state index is 0.708. The maximum absolute atomic E-state index is 3.76. The van der Waals surface area contributed by atoms with Gasteiger partial charge >= 0.3 is 0 Å². The summed E-state index contributed by atoms with van der Waals surface area (Å²) in [6.45, 7) is 3.23. The Morgan fingerprint density at radius 1 is 1.11 bits per heavy atom. The second kappa shape index (κ2) is 7.20. The standard InChI is InChI=1S/C16H25NS/c1-3-13-8-10-14(11-9-13)12-17-15-6-4-5-7-16(15)18-2/h8-11,15-17H,3-7,12H2,1-2H3. The van der Waals surface area contributed by atoms with E-state index in [-0.39, 0.29) is 0 Å². The van der Waals surface area contributed by atoms with E-state index in [2.05, 4.69) is 42.8 Å². The molecule has 1 aromatic rings. The SMILES string of the molecule is CCc1ccc(CNC2CCCCC2SC)cc1. The maximum Gasteiger partial charge on any atom is 0.0208 e. The van der Waals surface area contributed by atoms with Crippen molar-refractivity contribution in [2.45, 2.75) is 56.9 Å². The van der Waals surface area contributed by atoms with E-state index in [1.165, 1.54) is 36.8 Å². The molecule has 2 atom stereocenters. The first-order valence-electron chi connectivity index (χ1n) is 7.17. The summed E-state index contributed by atoms with van der Waals surface area (Å²) in [4.78, 5) is 0. The molecule has 1 N–H and O–H groups in total. The summed E-state index contributed by atoms with van der Waals surface area (Å²) in [5, 5.41) is 4.57. The van der Waals surface area contributed by atoms with Crippen molar-refractivity contribution in [3.63, 3.8) is 0 Å². The van der Waals surface area contributed by atoms with Gasteiger partial charge in [0, 0.05) is 17.8 Å². The molecule has 0 radical (unpaired) electrons. The largest absolute Gasteiger partial charge is 0.309 e. The number of hydrogen-bond acceptors (Lipinski definition) is 2. The van der Waals surface area contributed by atoms with Crippen LogP contribution < -0.4 is 5.32 Å². The number of benzene rings is 1. The molecule has 1 saturated carbocycles. The molecule has 1 fully saturated rings. The molecular weight excluding hydrogens is 238 g/mol. The van der Waals surface area contributed by atoms with Gasteiger partial charge in [-0.25, -0.2) is 0 Å². The molecule has 0 bridgehead atoms. The normalized spacial score (nSPS) is 24.1. The van der Waals surface area contributed by atoms with Crippen molar-refractivity contribution in [1.29, 1.82) is 0 Å². The molecule has 0 aromatic heterocycles. The molecule has 100 valence electrons. The van der Waals surface area contributed by atoms with Crippen LogP contribution in [0.4, 0.5) is 0 Å². The van der Waals surface area contributed by atoms with E-state index in [4.69, 9.17) is 0 Å². The van der Waals surface area contributed by atoms with E-state index in [9.17, 15) is 0 Å². The third kappa shape index (κ3) is 3.76. The fraction of sp³-hybridized carbons (Fsp3) is 0.625. The van der Waals surface area contributed by atoms with E-state index < -0.39 is 0 Å². The van der Waals surface area contributed by atoms with Crippen molar-refractivity contribution in [3.8, 4) is 0 Å². The predicted octanol–water partition coefficient (Wildman–Crippen LogP) is 4.01. The van der Waals surface area contributed by atoms with Crippen LogP contribution in [0.3, 0.4) is 0 Å². The fourth-order valence-electron chi connectivity index (χ4n) is 2.75. The molecule has 0 amide bonds. The Labute approximate surface area is 116 Å². The van der Waals surface area contributed by atoms with Crippen LogP contribution in [0.25, 0.3) is 0 Å². The van der Waals surface area contributed by atoms with Gasteiger partial charge < -0.3 is 5.32 Å². The van der Waals surface area contributed by atoms with Gasteiger partial charge in [0.1, 0.15) is 0 Å². The maximum atomic E-state index is 3.76. The quantitative estimate of drug-likeness (QED) is 0.861. The van der Waals surface area contributed by atoms with Crippen molar-refractivity contribution in [1.82, 2.24) is 5.32 Å². The second-order valence-corrected chi connectivity index (χ2v) is 6.29. The van der Waals surface area contributed by atoms with Crippen LogP contribution in [0, 0.1) is 0 Å². The molecule has 0 spiro atoms. The summed E-state index contributed by atoms with van der Waals surface area (Å²) in [6.07, 6.45) is 8.91. The highest BCUT2D eigenvalue weighted by molar-refractivity contribution is 7.99. The van der Waals surface area contributed by atoms with Gasteiger partial charge in [-0.3, -0.25) is 0 Å². The number of nitrogens with one attached hydrogen (secondary N) is 1. The predicted molar refractivity (Wildman–Crippen MR) is 82.2 cm³/mol. The van der Waals surface area contributed by atoms with Crippen molar-refractivity contribution < 1.29 is 0 Å². The number of rotatable bonds is 5. The summed E-state index contributed by atoms with van der Waals surface area (Å²) in [7, 11) is 0. The Morgan fingerprint density at radius 2 is 1.78 bits per heavy atom. The van der Waals surface area contributed by atoms with Crippen LogP contribution in [0.5, 0.6) is 0 Å². The van der Waals surface area contributed by atoms with Gasteiger partial charge in [0.2, 0.25) is 0 Å². The zero-order chi connectivity index (χ0) is 12.8. The molecule has 18 heavy (non-hydrogen) atoms. The highest BCUT2D eigenvalue weighted by atomic mass is 32.2. The molecule has 2 unspecified atom stereocenters. The molecule has 0 saturated heterocycles. The minimum Gasteiger partial charge on any atom is -0.309 e. The summed E-state index contributed by atoms with van der Waals surface area (Å²) < 4.78 is 0. The van der Waals surface area contributed by atoms with E-state index in [0.717, 1.165) is 18.2 Å². The van der Waals surface area contributed by atoms with Crippen LogP contribution >= 0.6 is 11.8 Å². The number of aryl methyl sites for hydroxylation is 1. The monoisotopic (exact) mass is 263 g/mol. The van der Waals surface area contributed by atoms with Crippen molar-refractivity contribution in [3.05, 3.63) is 35.4 Å². The molecule has 1 nitrogen and oxygen atoms in total. The van der Waals surface area contributed by atoms with Crippen LogP contribution in [0.1, 0.15) is 43.7 Å². The van der Waals surface area contributed by atoms with Gasteiger partial charge in [-0.1, -0.05) is 44.0 Å². The molecular formula is C16H25NS. The van der Waals surface area contributed by atoms with E-state index in [1.54, 1.807) is 0 Å². The minimum absolute atomic E-state index is 0.708. The topological polar surface area (TPSA) is 12.0 Å². The second-order valence-electron chi connectivity index (χ2n) is 5.22.